The predicted octanol–water partition coefficient (Wildman–Crippen LogP) is 1.69. The number of likely N-dealkylation sites (tertiary alicyclic amines) is 2. The van der Waals surface area contributed by atoms with Crippen molar-refractivity contribution in [3.8, 4) is 0 Å². The topological polar surface area (TPSA) is 41.7 Å². The van der Waals surface area contributed by atoms with Crippen LogP contribution in [0.3, 0.4) is 0 Å². The van der Waals surface area contributed by atoms with Crippen molar-refractivity contribution < 1.29 is 4.74 Å². The number of rotatable bonds is 5. The van der Waals surface area contributed by atoms with Crippen molar-refractivity contribution in [1.82, 2.24) is 9.80 Å². The Hall–Kier alpha value is -0.160. The second-order valence-electron chi connectivity index (χ2n) is 7.95. The van der Waals surface area contributed by atoms with E-state index in [0.29, 0.717) is 6.10 Å². The van der Waals surface area contributed by atoms with Gasteiger partial charge < -0.3 is 10.5 Å². The molecule has 0 spiro atoms. The second kappa shape index (κ2) is 5.80. The average molecular weight is 295 g/mol. The Morgan fingerprint density at radius 3 is 2.52 bits per heavy atom. The number of hydrogen-bond acceptors (Lipinski definition) is 4. The molecule has 0 bridgehead atoms. The van der Waals surface area contributed by atoms with Crippen molar-refractivity contribution in [2.75, 3.05) is 39.3 Å². The molecule has 4 heteroatoms. The Kier molecular flexibility index (Phi) is 4.34. The summed E-state index contributed by atoms with van der Waals surface area (Å²) < 4.78 is 5.85. The minimum Gasteiger partial charge on any atom is -0.378 e. The molecule has 3 atom stereocenters. The van der Waals surface area contributed by atoms with Gasteiger partial charge in [-0.2, -0.15) is 0 Å². The highest BCUT2D eigenvalue weighted by Crippen LogP contribution is 2.50. The summed E-state index contributed by atoms with van der Waals surface area (Å²) >= 11 is 0. The van der Waals surface area contributed by atoms with E-state index in [1.807, 2.05) is 0 Å². The number of nitrogens with two attached hydrogens (primary N) is 1. The Labute approximate surface area is 130 Å². The number of nitrogens with zero attached hydrogens (tertiary/aromatic N) is 2. The minimum absolute atomic E-state index is 0.0767. The summed E-state index contributed by atoms with van der Waals surface area (Å²) in [5.74, 6) is 0. The van der Waals surface area contributed by atoms with Crippen LogP contribution < -0.4 is 5.73 Å². The van der Waals surface area contributed by atoms with Gasteiger partial charge in [-0.15, -0.1) is 0 Å². The molecule has 0 aromatic carbocycles. The molecule has 2 N–H and O–H groups in total. The van der Waals surface area contributed by atoms with Gasteiger partial charge in [0.2, 0.25) is 0 Å². The van der Waals surface area contributed by atoms with Crippen molar-refractivity contribution in [2.24, 2.45) is 11.1 Å². The fraction of sp³-hybridized carbons (Fsp3) is 1.00. The van der Waals surface area contributed by atoms with E-state index >= 15 is 0 Å². The summed E-state index contributed by atoms with van der Waals surface area (Å²) in [6, 6.07) is 0.780. The zero-order chi connectivity index (χ0) is 15.1. The summed E-state index contributed by atoms with van der Waals surface area (Å²) in [6.07, 6.45) is 5.45. The number of ether oxygens (including phenoxy) is 1. The van der Waals surface area contributed by atoms with Crippen LogP contribution in [-0.4, -0.2) is 66.8 Å². The monoisotopic (exact) mass is 295 g/mol. The first-order valence-corrected chi connectivity index (χ1v) is 8.83. The molecule has 3 aliphatic rings. The first kappa shape index (κ1) is 15.7. The zero-order valence-electron chi connectivity index (χ0n) is 14.1. The van der Waals surface area contributed by atoms with Gasteiger partial charge in [-0.25, -0.2) is 0 Å². The van der Waals surface area contributed by atoms with Gasteiger partial charge in [0.15, 0.2) is 0 Å². The van der Waals surface area contributed by atoms with E-state index in [4.69, 9.17) is 10.5 Å². The van der Waals surface area contributed by atoms with Gasteiger partial charge in [-0.05, 0) is 52.2 Å². The first-order valence-electron chi connectivity index (χ1n) is 8.83. The lowest BCUT2D eigenvalue weighted by Crippen LogP contribution is -2.73. The van der Waals surface area contributed by atoms with Crippen LogP contribution in [0.25, 0.3) is 0 Å². The lowest BCUT2D eigenvalue weighted by Gasteiger charge is -2.60. The summed E-state index contributed by atoms with van der Waals surface area (Å²) in [7, 11) is 0. The van der Waals surface area contributed by atoms with Crippen LogP contribution in [0.4, 0.5) is 0 Å². The minimum atomic E-state index is -0.0767. The van der Waals surface area contributed by atoms with E-state index in [9.17, 15) is 0 Å². The van der Waals surface area contributed by atoms with E-state index in [1.165, 1.54) is 45.4 Å². The number of hydrogen-bond donors (Lipinski definition) is 1. The molecule has 3 rings (SSSR count). The molecule has 0 aromatic heterocycles. The molecule has 3 unspecified atom stereocenters. The smallest absolute Gasteiger partial charge is 0.0662 e. The maximum Gasteiger partial charge on any atom is 0.0662 e. The molecule has 2 aliphatic heterocycles. The normalized spacial score (nSPS) is 40.6. The lowest BCUT2D eigenvalue weighted by molar-refractivity contribution is -0.155. The molecular formula is C17H33N3O. The molecule has 122 valence electrons. The second-order valence-corrected chi connectivity index (χ2v) is 7.95. The third-order valence-corrected chi connectivity index (χ3v) is 6.42. The van der Waals surface area contributed by atoms with E-state index in [1.54, 1.807) is 0 Å². The highest BCUT2D eigenvalue weighted by molar-refractivity contribution is 5.15. The highest BCUT2D eigenvalue weighted by Gasteiger charge is 2.59. The van der Waals surface area contributed by atoms with Crippen LogP contribution in [0.15, 0.2) is 0 Å². The molecule has 2 saturated heterocycles. The van der Waals surface area contributed by atoms with Crippen LogP contribution in [-0.2, 0) is 4.74 Å². The molecule has 0 amide bonds. The van der Waals surface area contributed by atoms with Gasteiger partial charge in [0.05, 0.1) is 6.10 Å². The zero-order valence-corrected chi connectivity index (χ0v) is 14.1. The van der Waals surface area contributed by atoms with Crippen LogP contribution >= 0.6 is 0 Å². The van der Waals surface area contributed by atoms with Gasteiger partial charge >= 0.3 is 0 Å². The lowest BCUT2D eigenvalue weighted by atomic mass is 9.54. The third kappa shape index (κ3) is 2.76. The van der Waals surface area contributed by atoms with Crippen molar-refractivity contribution in [3.05, 3.63) is 0 Å². The molecule has 0 aromatic rings. The van der Waals surface area contributed by atoms with Crippen molar-refractivity contribution >= 4 is 0 Å². The van der Waals surface area contributed by atoms with Gasteiger partial charge in [-0.1, -0.05) is 13.8 Å². The highest BCUT2D eigenvalue weighted by atomic mass is 16.5. The molecular weight excluding hydrogens is 262 g/mol. The Morgan fingerprint density at radius 1 is 1.19 bits per heavy atom. The van der Waals surface area contributed by atoms with Crippen LogP contribution in [0, 0.1) is 5.41 Å². The quantitative estimate of drug-likeness (QED) is 0.838. The van der Waals surface area contributed by atoms with Gasteiger partial charge in [0.1, 0.15) is 0 Å². The van der Waals surface area contributed by atoms with Crippen molar-refractivity contribution in [1.29, 1.82) is 0 Å². The van der Waals surface area contributed by atoms with Gasteiger partial charge in [-0.3, -0.25) is 9.80 Å². The summed E-state index contributed by atoms with van der Waals surface area (Å²) in [5.41, 5.74) is 6.76. The van der Waals surface area contributed by atoms with Crippen molar-refractivity contribution in [3.63, 3.8) is 0 Å². The van der Waals surface area contributed by atoms with E-state index < -0.39 is 0 Å². The van der Waals surface area contributed by atoms with E-state index in [2.05, 4.69) is 30.6 Å². The molecule has 21 heavy (non-hydrogen) atoms. The fourth-order valence-corrected chi connectivity index (χ4v) is 4.53. The molecule has 4 nitrogen and oxygen atoms in total. The van der Waals surface area contributed by atoms with Crippen LogP contribution in [0.5, 0.6) is 0 Å². The molecule has 3 fully saturated rings. The SMILES string of the molecule is CCOC1CC(N)(CN2CCC(N3CCCC3)C2)C1(C)C. The molecule has 0 radical (unpaired) electrons. The summed E-state index contributed by atoms with van der Waals surface area (Å²) in [6.45, 7) is 13.5. The first-order chi connectivity index (χ1) is 9.96. The molecule has 2 heterocycles. The third-order valence-electron chi connectivity index (χ3n) is 6.42. The maximum absolute atomic E-state index is 6.74. The van der Waals surface area contributed by atoms with Gasteiger partial charge in [0, 0.05) is 36.7 Å². The molecule has 1 aliphatic carbocycles. The standard InChI is InChI=1S/C17H33N3O/c1-4-21-15-11-17(18,16(15,2)3)13-19-10-7-14(12-19)20-8-5-6-9-20/h14-15H,4-13,18H2,1-3H3. The fourth-order valence-electron chi connectivity index (χ4n) is 4.53. The maximum atomic E-state index is 6.74. The van der Waals surface area contributed by atoms with Crippen LogP contribution in [0.2, 0.25) is 0 Å². The largest absolute Gasteiger partial charge is 0.378 e. The van der Waals surface area contributed by atoms with Crippen LogP contribution in [0.1, 0.15) is 46.5 Å². The predicted molar refractivity (Wildman–Crippen MR) is 86.4 cm³/mol. The summed E-state index contributed by atoms with van der Waals surface area (Å²) in [5, 5.41) is 0. The van der Waals surface area contributed by atoms with Gasteiger partial charge in [0.25, 0.3) is 0 Å². The molecule has 1 saturated carbocycles. The summed E-state index contributed by atoms with van der Waals surface area (Å²) in [4.78, 5) is 5.30. The Morgan fingerprint density at radius 2 is 1.90 bits per heavy atom. The van der Waals surface area contributed by atoms with E-state index in [-0.39, 0.29) is 11.0 Å². The van der Waals surface area contributed by atoms with Crippen molar-refractivity contribution in [2.45, 2.75) is 64.1 Å². The van der Waals surface area contributed by atoms with E-state index in [0.717, 1.165) is 25.6 Å². The Bertz CT molecular complexity index is 367. The Balaban J connectivity index is 1.53. The average Bonchev–Trinajstić information content (AvgIpc) is 3.08.